The average Bonchev–Trinajstić information content (AvgIpc) is 2.87. The summed E-state index contributed by atoms with van der Waals surface area (Å²) in [4.78, 5) is 34.6. The number of para-hydroxylation sites is 1. The van der Waals surface area contributed by atoms with E-state index in [1.807, 2.05) is 4.90 Å². The van der Waals surface area contributed by atoms with Gasteiger partial charge < -0.3 is 9.80 Å². The van der Waals surface area contributed by atoms with E-state index in [0.717, 1.165) is 0 Å². The van der Waals surface area contributed by atoms with Gasteiger partial charge in [-0.3, -0.25) is 14.2 Å². The first-order chi connectivity index (χ1) is 16.5. The molecule has 0 unspecified atom stereocenters. The molecule has 1 aliphatic heterocycles. The summed E-state index contributed by atoms with van der Waals surface area (Å²) in [5.41, 5.74) is 0.710. The number of carbonyl (C=O) groups is 1. The van der Waals surface area contributed by atoms with Crippen LogP contribution in [0.1, 0.15) is 15.9 Å². The van der Waals surface area contributed by atoms with Crippen LogP contribution in [-0.4, -0.2) is 46.5 Å². The summed E-state index contributed by atoms with van der Waals surface area (Å²) in [6.07, 6.45) is 1.56. The van der Waals surface area contributed by atoms with Crippen molar-refractivity contribution in [2.45, 2.75) is 6.54 Å². The number of anilines is 1. The molecule has 0 atom stereocenters. The number of fused-ring (bicyclic) bond motifs is 1. The Morgan fingerprint density at radius 3 is 2.32 bits per heavy atom. The molecule has 0 spiro atoms. The second-order valence-electron chi connectivity index (χ2n) is 8.19. The summed E-state index contributed by atoms with van der Waals surface area (Å²) in [6, 6.07) is 17.8. The van der Waals surface area contributed by atoms with Gasteiger partial charge >= 0.3 is 0 Å². The lowest BCUT2D eigenvalue weighted by Crippen LogP contribution is -2.50. The third-order valence-electron chi connectivity index (χ3n) is 6.12. The number of benzene rings is 2. The van der Waals surface area contributed by atoms with Gasteiger partial charge in [-0.15, -0.1) is 0 Å². The van der Waals surface area contributed by atoms with Gasteiger partial charge in [-0.1, -0.05) is 30.3 Å². The molecule has 0 radical (unpaired) electrons. The minimum Gasteiger partial charge on any atom is -0.366 e. The van der Waals surface area contributed by atoms with E-state index in [1.54, 1.807) is 65.7 Å². The first kappa shape index (κ1) is 21.8. The van der Waals surface area contributed by atoms with Crippen molar-refractivity contribution in [1.29, 1.82) is 0 Å². The number of amides is 1. The van der Waals surface area contributed by atoms with E-state index >= 15 is 0 Å². The lowest BCUT2D eigenvalue weighted by molar-refractivity contribution is 0.0744. The SMILES string of the molecule is O=C(c1cc2cccnc2n(Cc2ccccc2F)c1=O)N1CCN(c2ccccc2F)CC1. The number of aromatic nitrogens is 2. The molecule has 3 heterocycles. The molecule has 0 bridgehead atoms. The Kier molecular flexibility index (Phi) is 5.79. The lowest BCUT2D eigenvalue weighted by Gasteiger charge is -2.36. The molecule has 34 heavy (non-hydrogen) atoms. The predicted molar refractivity (Wildman–Crippen MR) is 126 cm³/mol. The summed E-state index contributed by atoms with van der Waals surface area (Å²) in [6.45, 7) is 1.56. The summed E-state index contributed by atoms with van der Waals surface area (Å²) in [5.74, 6) is -1.13. The van der Waals surface area contributed by atoms with Gasteiger partial charge in [0.25, 0.3) is 11.5 Å². The van der Waals surface area contributed by atoms with Crippen LogP contribution in [0.4, 0.5) is 14.5 Å². The van der Waals surface area contributed by atoms with Gasteiger partial charge in [-0.2, -0.15) is 0 Å². The summed E-state index contributed by atoms with van der Waals surface area (Å²) in [5, 5.41) is 0.617. The molecule has 6 nitrogen and oxygen atoms in total. The first-order valence-electron chi connectivity index (χ1n) is 11.0. The standard InChI is InChI=1S/C26H22F2N4O2/c27-21-8-2-1-6-19(21)17-32-24-18(7-5-11-29-24)16-20(26(32)34)25(33)31-14-12-30(13-15-31)23-10-4-3-9-22(23)28/h1-11,16H,12-15,17H2. The zero-order valence-electron chi connectivity index (χ0n) is 18.3. The molecule has 2 aromatic heterocycles. The van der Waals surface area contributed by atoms with Crippen LogP contribution in [0.5, 0.6) is 0 Å². The fraction of sp³-hybridized carbons (Fsp3) is 0.192. The van der Waals surface area contributed by atoms with Gasteiger partial charge in [-0.25, -0.2) is 13.8 Å². The van der Waals surface area contributed by atoms with Gasteiger partial charge in [0.05, 0.1) is 12.2 Å². The maximum atomic E-state index is 14.3. The summed E-state index contributed by atoms with van der Waals surface area (Å²) in [7, 11) is 0. The van der Waals surface area contributed by atoms with Gasteiger partial charge in [-0.05, 0) is 36.4 Å². The number of pyridine rings is 2. The maximum absolute atomic E-state index is 14.3. The monoisotopic (exact) mass is 460 g/mol. The van der Waals surface area contributed by atoms with E-state index < -0.39 is 17.3 Å². The highest BCUT2D eigenvalue weighted by molar-refractivity contribution is 5.97. The number of carbonyl (C=O) groups excluding carboxylic acids is 1. The predicted octanol–water partition coefficient (Wildman–Crippen LogP) is 3.69. The quantitative estimate of drug-likeness (QED) is 0.466. The molecule has 172 valence electrons. The number of piperazine rings is 1. The molecule has 2 aromatic carbocycles. The Bertz CT molecular complexity index is 1430. The molecule has 0 N–H and O–H groups in total. The molecule has 1 amide bonds. The zero-order valence-corrected chi connectivity index (χ0v) is 18.3. The molecule has 1 fully saturated rings. The number of hydrogen-bond donors (Lipinski definition) is 0. The topological polar surface area (TPSA) is 58.4 Å². The average molecular weight is 460 g/mol. The van der Waals surface area contributed by atoms with Crippen LogP contribution >= 0.6 is 0 Å². The maximum Gasteiger partial charge on any atom is 0.265 e. The van der Waals surface area contributed by atoms with Crippen molar-refractivity contribution in [2.75, 3.05) is 31.1 Å². The molecule has 0 aliphatic carbocycles. The van der Waals surface area contributed by atoms with Crippen molar-refractivity contribution in [2.24, 2.45) is 0 Å². The van der Waals surface area contributed by atoms with Crippen LogP contribution in [-0.2, 0) is 6.54 Å². The fourth-order valence-electron chi connectivity index (χ4n) is 4.33. The molecular weight excluding hydrogens is 438 g/mol. The van der Waals surface area contributed by atoms with Crippen molar-refractivity contribution in [1.82, 2.24) is 14.5 Å². The van der Waals surface area contributed by atoms with Gasteiger partial charge in [0.15, 0.2) is 0 Å². The Balaban J connectivity index is 1.45. The van der Waals surface area contributed by atoms with E-state index in [4.69, 9.17) is 0 Å². The van der Waals surface area contributed by atoms with Crippen LogP contribution in [0.25, 0.3) is 11.0 Å². The highest BCUT2D eigenvalue weighted by Crippen LogP contribution is 2.21. The number of hydrogen-bond acceptors (Lipinski definition) is 4. The highest BCUT2D eigenvalue weighted by Gasteiger charge is 2.26. The van der Waals surface area contributed by atoms with E-state index in [2.05, 4.69) is 4.98 Å². The Morgan fingerprint density at radius 2 is 1.59 bits per heavy atom. The van der Waals surface area contributed by atoms with Crippen LogP contribution in [0, 0.1) is 11.6 Å². The van der Waals surface area contributed by atoms with Crippen LogP contribution in [0.3, 0.4) is 0 Å². The minimum absolute atomic E-state index is 0.0104. The second kappa shape index (κ2) is 9.05. The molecule has 0 saturated carbocycles. The number of rotatable bonds is 4. The molecule has 5 rings (SSSR count). The lowest BCUT2D eigenvalue weighted by atomic mass is 10.1. The van der Waals surface area contributed by atoms with E-state index in [-0.39, 0.29) is 17.9 Å². The van der Waals surface area contributed by atoms with E-state index in [0.29, 0.717) is 48.5 Å². The number of halogens is 2. The zero-order chi connectivity index (χ0) is 23.7. The molecule has 4 aromatic rings. The van der Waals surface area contributed by atoms with Gasteiger partial charge in [0, 0.05) is 43.3 Å². The largest absolute Gasteiger partial charge is 0.366 e. The van der Waals surface area contributed by atoms with Crippen LogP contribution in [0.15, 0.2) is 77.7 Å². The number of nitrogens with zero attached hydrogens (tertiary/aromatic N) is 4. The third kappa shape index (κ3) is 4.03. The van der Waals surface area contributed by atoms with Crippen molar-refractivity contribution >= 4 is 22.6 Å². The molecule has 1 aliphatic rings. The Morgan fingerprint density at radius 1 is 0.882 bits per heavy atom. The van der Waals surface area contributed by atoms with E-state index in [1.165, 1.54) is 16.7 Å². The van der Waals surface area contributed by atoms with Crippen molar-refractivity contribution in [3.8, 4) is 0 Å². The van der Waals surface area contributed by atoms with Gasteiger partial charge in [0.2, 0.25) is 0 Å². The van der Waals surface area contributed by atoms with Crippen molar-refractivity contribution < 1.29 is 13.6 Å². The fourth-order valence-corrected chi connectivity index (χ4v) is 4.33. The van der Waals surface area contributed by atoms with Crippen molar-refractivity contribution in [3.63, 3.8) is 0 Å². The molecule has 1 saturated heterocycles. The van der Waals surface area contributed by atoms with Gasteiger partial charge in [0.1, 0.15) is 22.8 Å². The summed E-state index contributed by atoms with van der Waals surface area (Å²) < 4.78 is 29.8. The Labute approximate surface area is 194 Å². The summed E-state index contributed by atoms with van der Waals surface area (Å²) >= 11 is 0. The second-order valence-corrected chi connectivity index (χ2v) is 8.19. The third-order valence-corrected chi connectivity index (χ3v) is 6.12. The normalized spacial score (nSPS) is 13.9. The van der Waals surface area contributed by atoms with Crippen molar-refractivity contribution in [3.05, 3.63) is 106 Å². The minimum atomic E-state index is -0.518. The Hall–Kier alpha value is -4.07. The van der Waals surface area contributed by atoms with Crippen LogP contribution in [0.2, 0.25) is 0 Å². The first-order valence-corrected chi connectivity index (χ1v) is 11.0. The smallest absolute Gasteiger partial charge is 0.265 e. The van der Waals surface area contributed by atoms with E-state index in [9.17, 15) is 18.4 Å². The molecular formula is C26H22F2N4O2. The van der Waals surface area contributed by atoms with Crippen LogP contribution < -0.4 is 10.5 Å². The molecule has 8 heteroatoms. The highest BCUT2D eigenvalue weighted by atomic mass is 19.1.